The van der Waals surface area contributed by atoms with E-state index >= 15 is 0 Å². The molecule has 0 atom stereocenters. The third kappa shape index (κ3) is 4.34. The van der Waals surface area contributed by atoms with Gasteiger partial charge in [0, 0.05) is 39.3 Å². The van der Waals surface area contributed by atoms with Gasteiger partial charge in [-0.1, -0.05) is 0 Å². The summed E-state index contributed by atoms with van der Waals surface area (Å²) in [6.07, 6.45) is -0.956. The van der Waals surface area contributed by atoms with Crippen molar-refractivity contribution in [3.8, 4) is 0 Å². The monoisotopic (exact) mass is 397 g/mol. The van der Waals surface area contributed by atoms with Gasteiger partial charge in [-0.3, -0.25) is 4.90 Å². The van der Waals surface area contributed by atoms with E-state index in [1.165, 1.54) is 19.3 Å². The first-order chi connectivity index (χ1) is 13.5. The van der Waals surface area contributed by atoms with Crippen LogP contribution in [-0.4, -0.2) is 64.6 Å². The quantitative estimate of drug-likeness (QED) is 0.777. The average molecular weight is 397 g/mol. The fourth-order valence-electron chi connectivity index (χ4n) is 3.54. The molecule has 8 nitrogen and oxygen atoms in total. The van der Waals surface area contributed by atoms with Gasteiger partial charge < -0.3 is 14.2 Å². The normalized spacial score (nSPS) is 19.2. The van der Waals surface area contributed by atoms with Crippen LogP contribution >= 0.6 is 0 Å². The number of anilines is 2. The zero-order valence-electron chi connectivity index (χ0n) is 15.4. The predicted molar refractivity (Wildman–Crippen MR) is 94.9 cm³/mol. The van der Waals surface area contributed by atoms with Crippen LogP contribution in [0.5, 0.6) is 0 Å². The third-order valence-electron chi connectivity index (χ3n) is 5.08. The van der Waals surface area contributed by atoms with Crippen LogP contribution in [0.3, 0.4) is 0 Å². The molecule has 2 aliphatic rings. The molecule has 0 aromatic carbocycles. The molecule has 4 heterocycles. The number of alkyl halides is 3. The molecule has 152 valence electrons. The molecule has 2 saturated heterocycles. The van der Waals surface area contributed by atoms with Gasteiger partial charge in [0.25, 0.3) is 0 Å². The third-order valence-corrected chi connectivity index (χ3v) is 5.08. The van der Waals surface area contributed by atoms with Gasteiger partial charge in [-0.2, -0.15) is 13.2 Å². The Morgan fingerprint density at radius 1 is 0.786 bits per heavy atom. The maximum absolute atomic E-state index is 12.5. The summed E-state index contributed by atoms with van der Waals surface area (Å²) in [6.45, 7) is 5.00. The molecule has 0 amide bonds. The second-order valence-electron chi connectivity index (χ2n) is 7.06. The van der Waals surface area contributed by atoms with Crippen molar-refractivity contribution >= 4 is 11.6 Å². The minimum Gasteiger partial charge on any atom is -0.416 e. The molecular formula is C17H22F3N7O. The van der Waals surface area contributed by atoms with Crippen LogP contribution in [-0.2, 0) is 12.7 Å². The molecule has 2 aliphatic heterocycles. The van der Waals surface area contributed by atoms with Crippen LogP contribution < -0.4 is 9.80 Å². The molecule has 2 aromatic heterocycles. The van der Waals surface area contributed by atoms with Crippen LogP contribution in [0.25, 0.3) is 0 Å². The van der Waals surface area contributed by atoms with Crippen molar-refractivity contribution in [1.29, 1.82) is 0 Å². The smallest absolute Gasteiger partial charge is 0.416 e. The molecule has 0 bridgehead atoms. The maximum atomic E-state index is 12.5. The lowest BCUT2D eigenvalue weighted by molar-refractivity contribution is -0.157. The first-order valence-corrected chi connectivity index (χ1v) is 9.44. The minimum atomic E-state index is -4.61. The Kier molecular flexibility index (Phi) is 5.33. The van der Waals surface area contributed by atoms with E-state index in [0.29, 0.717) is 26.2 Å². The number of hydrogen-bond donors (Lipinski definition) is 0. The summed E-state index contributed by atoms with van der Waals surface area (Å²) < 4.78 is 42.3. The van der Waals surface area contributed by atoms with Gasteiger partial charge in [-0.15, -0.1) is 20.4 Å². The second-order valence-corrected chi connectivity index (χ2v) is 7.06. The molecule has 11 heteroatoms. The lowest BCUT2D eigenvalue weighted by Gasteiger charge is -2.34. The Hall–Kier alpha value is -2.43. The van der Waals surface area contributed by atoms with Crippen LogP contribution in [0.15, 0.2) is 16.5 Å². The van der Waals surface area contributed by atoms with Gasteiger partial charge in [-0.05, 0) is 31.4 Å². The molecular weight excluding hydrogens is 375 g/mol. The summed E-state index contributed by atoms with van der Waals surface area (Å²) in [7, 11) is 0. The van der Waals surface area contributed by atoms with Crippen LogP contribution in [0, 0.1) is 0 Å². The van der Waals surface area contributed by atoms with E-state index in [1.807, 2.05) is 17.0 Å². The fourth-order valence-corrected chi connectivity index (χ4v) is 3.54. The van der Waals surface area contributed by atoms with Crippen LogP contribution in [0.4, 0.5) is 24.8 Å². The first kappa shape index (κ1) is 18.9. The van der Waals surface area contributed by atoms with Crippen molar-refractivity contribution in [2.45, 2.75) is 32.0 Å². The van der Waals surface area contributed by atoms with Gasteiger partial charge in [0.05, 0.1) is 6.54 Å². The highest BCUT2D eigenvalue weighted by Gasteiger charge is 2.38. The summed E-state index contributed by atoms with van der Waals surface area (Å²) in [6, 6.07) is 4.00. The standard InChI is InChI=1S/C17H22F3N7O/c18-17(19,20)16-24-23-15(28-16)12-25-8-10-27(11-9-25)14-5-4-13(21-22-14)26-6-2-1-3-7-26/h4-5H,1-3,6-12H2. The lowest BCUT2D eigenvalue weighted by Crippen LogP contribution is -2.46. The number of piperidine rings is 1. The highest BCUT2D eigenvalue weighted by Crippen LogP contribution is 2.28. The molecule has 0 aliphatic carbocycles. The number of nitrogens with zero attached hydrogens (tertiary/aromatic N) is 7. The van der Waals surface area contributed by atoms with Crippen LogP contribution in [0.1, 0.15) is 31.0 Å². The number of halogens is 3. The van der Waals surface area contributed by atoms with E-state index in [4.69, 9.17) is 4.42 Å². The van der Waals surface area contributed by atoms with Crippen molar-refractivity contribution in [3.63, 3.8) is 0 Å². The zero-order valence-corrected chi connectivity index (χ0v) is 15.4. The Morgan fingerprint density at radius 3 is 1.93 bits per heavy atom. The van der Waals surface area contributed by atoms with Gasteiger partial charge in [0.1, 0.15) is 0 Å². The predicted octanol–water partition coefficient (Wildman–Crippen LogP) is 2.19. The van der Waals surface area contributed by atoms with Crippen molar-refractivity contribution in [1.82, 2.24) is 25.3 Å². The lowest BCUT2D eigenvalue weighted by atomic mass is 10.1. The first-order valence-electron chi connectivity index (χ1n) is 9.44. The number of aromatic nitrogens is 4. The Balaban J connectivity index is 1.29. The summed E-state index contributed by atoms with van der Waals surface area (Å²) in [5.74, 6) is 0.410. The highest BCUT2D eigenvalue weighted by atomic mass is 19.4. The molecule has 4 rings (SSSR count). The average Bonchev–Trinajstić information content (AvgIpc) is 3.19. The van der Waals surface area contributed by atoms with E-state index in [0.717, 1.165) is 24.7 Å². The number of hydrogen-bond acceptors (Lipinski definition) is 8. The van der Waals surface area contributed by atoms with Crippen molar-refractivity contribution in [2.75, 3.05) is 49.1 Å². The summed E-state index contributed by atoms with van der Waals surface area (Å²) in [5.41, 5.74) is 0. The van der Waals surface area contributed by atoms with Gasteiger partial charge in [0.15, 0.2) is 11.6 Å². The number of piperazine rings is 1. The summed E-state index contributed by atoms with van der Waals surface area (Å²) in [5, 5.41) is 15.3. The zero-order chi connectivity index (χ0) is 19.6. The Bertz CT molecular complexity index is 766. The SMILES string of the molecule is FC(F)(F)c1nnc(CN2CCN(c3ccc(N4CCCCC4)nn3)CC2)o1. The van der Waals surface area contributed by atoms with Gasteiger partial charge in [0.2, 0.25) is 5.89 Å². The molecule has 28 heavy (non-hydrogen) atoms. The van der Waals surface area contributed by atoms with Gasteiger partial charge >= 0.3 is 12.1 Å². The summed E-state index contributed by atoms with van der Waals surface area (Å²) in [4.78, 5) is 6.37. The molecule has 0 N–H and O–H groups in total. The largest absolute Gasteiger partial charge is 0.470 e. The van der Waals surface area contributed by atoms with E-state index in [9.17, 15) is 13.2 Å². The van der Waals surface area contributed by atoms with Crippen molar-refractivity contribution in [3.05, 3.63) is 23.9 Å². The molecule has 2 aromatic rings. The maximum Gasteiger partial charge on any atom is 0.470 e. The van der Waals surface area contributed by atoms with E-state index in [-0.39, 0.29) is 12.4 Å². The van der Waals surface area contributed by atoms with Crippen molar-refractivity contribution in [2.24, 2.45) is 0 Å². The van der Waals surface area contributed by atoms with E-state index < -0.39 is 12.1 Å². The fraction of sp³-hybridized carbons (Fsp3) is 0.647. The van der Waals surface area contributed by atoms with E-state index in [2.05, 4.69) is 30.2 Å². The minimum absolute atomic E-state index is 0.0218. The van der Waals surface area contributed by atoms with E-state index in [1.54, 1.807) is 0 Å². The molecule has 0 spiro atoms. The highest BCUT2D eigenvalue weighted by molar-refractivity contribution is 5.45. The number of rotatable bonds is 4. The van der Waals surface area contributed by atoms with Crippen molar-refractivity contribution < 1.29 is 17.6 Å². The summed E-state index contributed by atoms with van der Waals surface area (Å²) >= 11 is 0. The topological polar surface area (TPSA) is 74.4 Å². The molecule has 0 unspecified atom stereocenters. The van der Waals surface area contributed by atoms with Gasteiger partial charge in [-0.25, -0.2) is 0 Å². The Labute approximate surface area is 160 Å². The molecule has 0 radical (unpaired) electrons. The second kappa shape index (κ2) is 7.90. The van der Waals surface area contributed by atoms with Crippen LogP contribution in [0.2, 0.25) is 0 Å². The Morgan fingerprint density at radius 2 is 1.39 bits per heavy atom. The molecule has 0 saturated carbocycles. The molecule has 2 fully saturated rings.